The van der Waals surface area contributed by atoms with Gasteiger partial charge in [0, 0.05) is 28.2 Å². The molecule has 2 aromatic carbocycles. The standard InChI is InChI=1S/C18H16ClN3OS/c19-16-9-5-4-6-13(16)10-15-11-21-18(24-15)22-17(23)12-20-14-7-2-1-3-8-14/h1-9,11,20H,10,12H2,(H,21,22,23). The van der Waals surface area contributed by atoms with Gasteiger partial charge in [-0.15, -0.1) is 11.3 Å². The average Bonchev–Trinajstić information content (AvgIpc) is 3.03. The smallest absolute Gasteiger partial charge is 0.245 e. The van der Waals surface area contributed by atoms with E-state index in [1.165, 1.54) is 11.3 Å². The first-order chi connectivity index (χ1) is 11.7. The average molecular weight is 358 g/mol. The molecule has 3 aromatic rings. The molecule has 2 N–H and O–H groups in total. The van der Waals surface area contributed by atoms with Crippen molar-refractivity contribution in [1.82, 2.24) is 4.98 Å². The van der Waals surface area contributed by atoms with Crippen molar-refractivity contribution in [2.75, 3.05) is 17.2 Å². The number of benzene rings is 2. The van der Waals surface area contributed by atoms with E-state index in [9.17, 15) is 4.79 Å². The van der Waals surface area contributed by atoms with Crippen LogP contribution in [0.25, 0.3) is 0 Å². The number of nitrogens with one attached hydrogen (secondary N) is 2. The van der Waals surface area contributed by atoms with E-state index in [0.717, 1.165) is 21.2 Å². The summed E-state index contributed by atoms with van der Waals surface area (Å²) in [6, 6.07) is 17.3. The number of carbonyl (C=O) groups is 1. The van der Waals surface area contributed by atoms with Crippen LogP contribution < -0.4 is 10.6 Å². The second-order valence-corrected chi connectivity index (χ2v) is 6.69. The van der Waals surface area contributed by atoms with E-state index in [0.29, 0.717) is 11.6 Å². The first-order valence-electron chi connectivity index (χ1n) is 7.47. The summed E-state index contributed by atoms with van der Waals surface area (Å²) in [6.07, 6.45) is 2.48. The van der Waals surface area contributed by atoms with Crippen molar-refractivity contribution in [3.8, 4) is 0 Å². The van der Waals surface area contributed by atoms with Gasteiger partial charge in [-0.2, -0.15) is 0 Å². The summed E-state index contributed by atoms with van der Waals surface area (Å²) >= 11 is 7.63. The molecule has 3 rings (SSSR count). The predicted molar refractivity (Wildman–Crippen MR) is 99.9 cm³/mol. The third kappa shape index (κ3) is 4.57. The highest BCUT2D eigenvalue weighted by Crippen LogP contribution is 2.24. The van der Waals surface area contributed by atoms with Gasteiger partial charge in [0.2, 0.25) is 5.91 Å². The summed E-state index contributed by atoms with van der Waals surface area (Å²) < 4.78 is 0. The van der Waals surface area contributed by atoms with E-state index in [1.807, 2.05) is 54.6 Å². The van der Waals surface area contributed by atoms with E-state index >= 15 is 0 Å². The van der Waals surface area contributed by atoms with Gasteiger partial charge in [-0.25, -0.2) is 4.98 Å². The molecule has 1 aromatic heterocycles. The van der Waals surface area contributed by atoms with Crippen molar-refractivity contribution in [2.24, 2.45) is 0 Å². The lowest BCUT2D eigenvalue weighted by atomic mass is 10.1. The van der Waals surface area contributed by atoms with Gasteiger partial charge < -0.3 is 10.6 Å². The molecule has 0 saturated heterocycles. The van der Waals surface area contributed by atoms with Crippen LogP contribution in [0, 0.1) is 0 Å². The van der Waals surface area contributed by atoms with Crippen molar-refractivity contribution >= 4 is 39.7 Å². The molecule has 0 aliphatic carbocycles. The molecule has 0 atom stereocenters. The number of para-hydroxylation sites is 1. The van der Waals surface area contributed by atoms with Crippen molar-refractivity contribution < 1.29 is 4.79 Å². The van der Waals surface area contributed by atoms with E-state index < -0.39 is 0 Å². The largest absolute Gasteiger partial charge is 0.376 e. The summed E-state index contributed by atoms with van der Waals surface area (Å²) in [4.78, 5) is 17.3. The molecule has 0 aliphatic rings. The van der Waals surface area contributed by atoms with Crippen LogP contribution in [0.2, 0.25) is 5.02 Å². The maximum absolute atomic E-state index is 12.0. The molecule has 4 nitrogen and oxygen atoms in total. The number of thiazole rings is 1. The van der Waals surface area contributed by atoms with Gasteiger partial charge in [0.05, 0.1) is 6.54 Å². The number of carbonyl (C=O) groups excluding carboxylic acids is 1. The number of halogens is 1. The molecule has 24 heavy (non-hydrogen) atoms. The fourth-order valence-corrected chi connectivity index (χ4v) is 3.23. The third-order valence-electron chi connectivity index (χ3n) is 3.35. The van der Waals surface area contributed by atoms with Crippen LogP contribution in [-0.4, -0.2) is 17.4 Å². The normalized spacial score (nSPS) is 10.4. The Hall–Kier alpha value is -2.37. The molecule has 122 valence electrons. The molecule has 0 unspecified atom stereocenters. The third-order valence-corrected chi connectivity index (χ3v) is 4.63. The molecule has 0 saturated carbocycles. The zero-order chi connectivity index (χ0) is 16.8. The SMILES string of the molecule is O=C(CNc1ccccc1)Nc1ncc(Cc2ccccc2Cl)s1. The minimum absolute atomic E-state index is 0.127. The lowest BCUT2D eigenvalue weighted by Crippen LogP contribution is -2.21. The molecule has 1 heterocycles. The Bertz CT molecular complexity index is 820. The highest BCUT2D eigenvalue weighted by molar-refractivity contribution is 7.15. The molecule has 1 amide bonds. The number of amides is 1. The molecular formula is C18H16ClN3OS. The minimum atomic E-state index is -0.127. The van der Waals surface area contributed by atoms with Crippen LogP contribution in [0.4, 0.5) is 10.8 Å². The lowest BCUT2D eigenvalue weighted by molar-refractivity contribution is -0.114. The fraction of sp³-hybridized carbons (Fsp3) is 0.111. The zero-order valence-electron chi connectivity index (χ0n) is 12.8. The van der Waals surface area contributed by atoms with Crippen LogP contribution in [0.1, 0.15) is 10.4 Å². The Morgan fingerprint density at radius 3 is 2.62 bits per heavy atom. The first kappa shape index (κ1) is 16.5. The molecule has 0 aliphatic heterocycles. The summed E-state index contributed by atoms with van der Waals surface area (Å²) in [7, 11) is 0. The first-order valence-corrected chi connectivity index (χ1v) is 8.67. The topological polar surface area (TPSA) is 54.0 Å². The summed E-state index contributed by atoms with van der Waals surface area (Å²) in [5.74, 6) is -0.127. The molecule has 0 radical (unpaired) electrons. The minimum Gasteiger partial charge on any atom is -0.376 e. The summed E-state index contributed by atoms with van der Waals surface area (Å²) in [5, 5.41) is 7.21. The lowest BCUT2D eigenvalue weighted by Gasteiger charge is -2.05. The molecule has 0 fully saturated rings. The Labute approximate surface area is 149 Å². The summed E-state index contributed by atoms with van der Waals surface area (Å²) in [6.45, 7) is 0.198. The maximum Gasteiger partial charge on any atom is 0.245 e. The predicted octanol–water partition coefficient (Wildman–Crippen LogP) is 4.44. The Kier molecular flexibility index (Phi) is 5.46. The highest BCUT2D eigenvalue weighted by atomic mass is 35.5. The monoisotopic (exact) mass is 357 g/mol. The van der Waals surface area contributed by atoms with Crippen molar-refractivity contribution in [1.29, 1.82) is 0 Å². The Morgan fingerprint density at radius 1 is 1.08 bits per heavy atom. The van der Waals surface area contributed by atoms with Gasteiger partial charge in [0.15, 0.2) is 5.13 Å². The number of hydrogen-bond acceptors (Lipinski definition) is 4. The maximum atomic E-state index is 12.0. The van der Waals surface area contributed by atoms with Crippen LogP contribution in [0.3, 0.4) is 0 Å². The number of nitrogens with zero attached hydrogens (tertiary/aromatic N) is 1. The number of aromatic nitrogens is 1. The van der Waals surface area contributed by atoms with Gasteiger partial charge >= 0.3 is 0 Å². The Balaban J connectivity index is 1.54. The van der Waals surface area contributed by atoms with Crippen LogP contribution >= 0.6 is 22.9 Å². The van der Waals surface area contributed by atoms with Crippen molar-refractivity contribution in [3.05, 3.63) is 76.3 Å². The Morgan fingerprint density at radius 2 is 1.83 bits per heavy atom. The van der Waals surface area contributed by atoms with Crippen LogP contribution in [0.15, 0.2) is 60.8 Å². The quantitative estimate of drug-likeness (QED) is 0.685. The second kappa shape index (κ2) is 7.95. The fourth-order valence-electron chi connectivity index (χ4n) is 2.18. The zero-order valence-corrected chi connectivity index (χ0v) is 14.4. The number of anilines is 2. The van der Waals surface area contributed by atoms with Gasteiger partial charge in [0.25, 0.3) is 0 Å². The van der Waals surface area contributed by atoms with Gasteiger partial charge in [-0.05, 0) is 23.8 Å². The van der Waals surface area contributed by atoms with Gasteiger partial charge in [0.1, 0.15) is 0 Å². The molecule has 0 spiro atoms. The highest BCUT2D eigenvalue weighted by Gasteiger charge is 2.08. The molecule has 0 bridgehead atoms. The number of rotatable bonds is 6. The van der Waals surface area contributed by atoms with E-state index in [-0.39, 0.29) is 12.5 Å². The van der Waals surface area contributed by atoms with E-state index in [1.54, 1.807) is 6.20 Å². The molecular weight excluding hydrogens is 342 g/mol. The number of hydrogen-bond donors (Lipinski definition) is 2. The van der Waals surface area contributed by atoms with Gasteiger partial charge in [-0.1, -0.05) is 48.0 Å². The second-order valence-electron chi connectivity index (χ2n) is 5.17. The van der Waals surface area contributed by atoms with Crippen molar-refractivity contribution in [2.45, 2.75) is 6.42 Å². The van der Waals surface area contributed by atoms with Gasteiger partial charge in [-0.3, -0.25) is 4.79 Å². The van der Waals surface area contributed by atoms with Crippen LogP contribution in [0.5, 0.6) is 0 Å². The van der Waals surface area contributed by atoms with E-state index in [2.05, 4.69) is 15.6 Å². The van der Waals surface area contributed by atoms with Crippen molar-refractivity contribution in [3.63, 3.8) is 0 Å². The summed E-state index contributed by atoms with van der Waals surface area (Å²) in [5.41, 5.74) is 1.96. The molecule has 6 heteroatoms. The van der Waals surface area contributed by atoms with Crippen LogP contribution in [-0.2, 0) is 11.2 Å². The van der Waals surface area contributed by atoms with E-state index in [4.69, 9.17) is 11.6 Å².